The summed E-state index contributed by atoms with van der Waals surface area (Å²) in [4.78, 5) is 0. The molecular formula is C13H14FO3. The maximum absolute atomic E-state index is 13.1. The molecule has 4 heteroatoms. The maximum atomic E-state index is 13.1. The molecule has 2 atom stereocenters. The van der Waals surface area contributed by atoms with E-state index in [1.807, 2.05) is 0 Å². The first-order chi connectivity index (χ1) is 8.17. The molecule has 0 aromatic heterocycles. The maximum Gasteiger partial charge on any atom is 0.195 e. The fourth-order valence-corrected chi connectivity index (χ4v) is 1.77. The van der Waals surface area contributed by atoms with Gasteiger partial charge in [0.15, 0.2) is 12.1 Å². The Morgan fingerprint density at radius 3 is 2.94 bits per heavy atom. The predicted octanol–water partition coefficient (Wildman–Crippen LogP) is 2.07. The van der Waals surface area contributed by atoms with Gasteiger partial charge in [-0.05, 0) is 35.9 Å². The molecule has 0 fully saturated rings. The first kappa shape index (κ1) is 12.2. The zero-order valence-electron chi connectivity index (χ0n) is 9.77. The third-order valence-corrected chi connectivity index (χ3v) is 2.66. The summed E-state index contributed by atoms with van der Waals surface area (Å²) in [6, 6.07) is 7.26. The molecule has 1 radical (unpaired) electrons. The van der Waals surface area contributed by atoms with Crippen molar-refractivity contribution >= 4 is 0 Å². The minimum absolute atomic E-state index is 0.296. The first-order valence-electron chi connectivity index (χ1n) is 5.29. The van der Waals surface area contributed by atoms with Crippen LogP contribution >= 0.6 is 0 Å². The highest BCUT2D eigenvalue weighted by Crippen LogP contribution is 2.28. The molecule has 1 aromatic rings. The van der Waals surface area contributed by atoms with E-state index in [0.29, 0.717) is 12.0 Å². The summed E-state index contributed by atoms with van der Waals surface area (Å²) in [6.07, 6.45) is 3.50. The number of methoxy groups -OCH3 is 2. The van der Waals surface area contributed by atoms with Crippen LogP contribution in [0.15, 0.2) is 30.4 Å². The smallest absolute Gasteiger partial charge is 0.195 e. The van der Waals surface area contributed by atoms with E-state index in [4.69, 9.17) is 14.2 Å². The van der Waals surface area contributed by atoms with E-state index >= 15 is 0 Å². The second-order valence-corrected chi connectivity index (χ2v) is 3.81. The third-order valence-electron chi connectivity index (χ3n) is 2.66. The molecule has 1 aromatic carbocycles. The molecule has 0 spiro atoms. The second-order valence-electron chi connectivity index (χ2n) is 3.81. The summed E-state index contributed by atoms with van der Waals surface area (Å²) in [7, 11) is 3.09. The monoisotopic (exact) mass is 237 g/mol. The standard InChI is InChI=1S/C13H14FO3/c1-15-12-6-7-13(16-2,17-12)9-10-4-3-5-11(14)8-10/h3,5-8,12H,9H2,1-2H3. The van der Waals surface area contributed by atoms with E-state index in [1.54, 1.807) is 32.4 Å². The number of ether oxygens (including phenoxy) is 3. The average molecular weight is 237 g/mol. The zero-order chi connectivity index (χ0) is 12.3. The molecule has 1 aliphatic heterocycles. The van der Waals surface area contributed by atoms with Gasteiger partial charge in [-0.3, -0.25) is 0 Å². The second kappa shape index (κ2) is 4.96. The number of benzene rings is 1. The molecular weight excluding hydrogens is 223 g/mol. The molecule has 0 aliphatic carbocycles. The van der Waals surface area contributed by atoms with E-state index in [2.05, 4.69) is 6.07 Å². The van der Waals surface area contributed by atoms with Gasteiger partial charge in [0, 0.05) is 20.6 Å². The molecule has 0 saturated heterocycles. The molecule has 2 unspecified atom stereocenters. The zero-order valence-corrected chi connectivity index (χ0v) is 9.77. The minimum Gasteiger partial charge on any atom is -0.352 e. The van der Waals surface area contributed by atoms with Crippen LogP contribution < -0.4 is 0 Å². The fourth-order valence-electron chi connectivity index (χ4n) is 1.77. The van der Waals surface area contributed by atoms with Crippen molar-refractivity contribution in [2.45, 2.75) is 18.5 Å². The Morgan fingerprint density at radius 1 is 1.53 bits per heavy atom. The lowest BCUT2D eigenvalue weighted by Crippen LogP contribution is -2.34. The quantitative estimate of drug-likeness (QED) is 0.750. The van der Waals surface area contributed by atoms with Gasteiger partial charge in [0.05, 0.1) is 0 Å². The topological polar surface area (TPSA) is 27.7 Å². The van der Waals surface area contributed by atoms with Crippen LogP contribution in [0.4, 0.5) is 4.39 Å². The number of hydrogen-bond donors (Lipinski definition) is 0. The molecule has 0 amide bonds. The molecule has 1 heterocycles. The average Bonchev–Trinajstić information content (AvgIpc) is 2.73. The summed E-state index contributed by atoms with van der Waals surface area (Å²) in [5.74, 6) is -1.19. The van der Waals surface area contributed by atoms with Gasteiger partial charge in [-0.1, -0.05) is 6.07 Å². The predicted molar refractivity (Wildman–Crippen MR) is 59.7 cm³/mol. The summed E-state index contributed by atoms with van der Waals surface area (Å²) < 4.78 is 29.1. The van der Waals surface area contributed by atoms with Crippen LogP contribution in [-0.4, -0.2) is 26.3 Å². The van der Waals surface area contributed by atoms with Crippen LogP contribution in [0.2, 0.25) is 0 Å². The molecule has 3 nitrogen and oxygen atoms in total. The van der Waals surface area contributed by atoms with Crippen LogP contribution in [-0.2, 0) is 20.6 Å². The number of rotatable bonds is 4. The molecule has 1 aliphatic rings. The van der Waals surface area contributed by atoms with Crippen LogP contribution in [0, 0.1) is 11.9 Å². The van der Waals surface area contributed by atoms with Gasteiger partial charge in [0.25, 0.3) is 0 Å². The molecule has 0 bridgehead atoms. The molecule has 17 heavy (non-hydrogen) atoms. The van der Waals surface area contributed by atoms with Crippen molar-refractivity contribution in [2.24, 2.45) is 0 Å². The molecule has 0 saturated carbocycles. The van der Waals surface area contributed by atoms with E-state index < -0.39 is 12.1 Å². The molecule has 0 N–H and O–H groups in total. The summed E-state index contributed by atoms with van der Waals surface area (Å²) in [5.41, 5.74) is 0.688. The normalized spacial score (nSPS) is 27.6. The van der Waals surface area contributed by atoms with Crippen molar-refractivity contribution in [3.05, 3.63) is 47.8 Å². The minimum atomic E-state index is -0.898. The van der Waals surface area contributed by atoms with Crippen LogP contribution in [0.25, 0.3) is 0 Å². The van der Waals surface area contributed by atoms with E-state index in [0.717, 1.165) is 0 Å². The molecule has 2 rings (SSSR count). The summed E-state index contributed by atoms with van der Waals surface area (Å²) >= 11 is 0. The van der Waals surface area contributed by atoms with Gasteiger partial charge in [-0.25, -0.2) is 4.39 Å². The van der Waals surface area contributed by atoms with E-state index in [-0.39, 0.29) is 5.82 Å². The number of hydrogen-bond acceptors (Lipinski definition) is 3. The van der Waals surface area contributed by atoms with Gasteiger partial charge < -0.3 is 14.2 Å². The lowest BCUT2D eigenvalue weighted by molar-refractivity contribution is -0.241. The van der Waals surface area contributed by atoms with Gasteiger partial charge >= 0.3 is 0 Å². The SMILES string of the molecule is COC1C=CC(Cc2[c]ccc(F)c2)(OC)O1. The van der Waals surface area contributed by atoms with Crippen molar-refractivity contribution in [1.29, 1.82) is 0 Å². The van der Waals surface area contributed by atoms with Crippen LogP contribution in [0.3, 0.4) is 0 Å². The van der Waals surface area contributed by atoms with Crippen molar-refractivity contribution in [3.63, 3.8) is 0 Å². The highest BCUT2D eigenvalue weighted by Gasteiger charge is 2.36. The first-order valence-corrected chi connectivity index (χ1v) is 5.29. The van der Waals surface area contributed by atoms with Crippen molar-refractivity contribution in [1.82, 2.24) is 0 Å². The third kappa shape index (κ3) is 2.72. The number of halogens is 1. The van der Waals surface area contributed by atoms with Crippen LogP contribution in [0.5, 0.6) is 0 Å². The van der Waals surface area contributed by atoms with Crippen molar-refractivity contribution < 1.29 is 18.6 Å². The van der Waals surface area contributed by atoms with E-state index in [9.17, 15) is 4.39 Å². The lowest BCUT2D eigenvalue weighted by Gasteiger charge is -2.27. The molecule has 91 valence electrons. The van der Waals surface area contributed by atoms with E-state index in [1.165, 1.54) is 12.1 Å². The Bertz CT molecular complexity index is 419. The lowest BCUT2D eigenvalue weighted by atomic mass is 10.1. The van der Waals surface area contributed by atoms with Crippen molar-refractivity contribution in [3.8, 4) is 0 Å². The summed E-state index contributed by atoms with van der Waals surface area (Å²) in [6.45, 7) is 0. The highest BCUT2D eigenvalue weighted by atomic mass is 19.1. The van der Waals surface area contributed by atoms with Gasteiger partial charge in [0.1, 0.15) is 5.82 Å². The summed E-state index contributed by atoms with van der Waals surface area (Å²) in [5, 5.41) is 0. The Hall–Kier alpha value is -1.23. The van der Waals surface area contributed by atoms with Gasteiger partial charge in [0.2, 0.25) is 0 Å². The van der Waals surface area contributed by atoms with Crippen molar-refractivity contribution in [2.75, 3.05) is 14.2 Å². The largest absolute Gasteiger partial charge is 0.352 e. The van der Waals surface area contributed by atoms with Crippen LogP contribution in [0.1, 0.15) is 5.56 Å². The Morgan fingerprint density at radius 2 is 2.35 bits per heavy atom. The fraction of sp³-hybridized carbons (Fsp3) is 0.385. The van der Waals surface area contributed by atoms with Gasteiger partial charge in [-0.2, -0.15) is 0 Å². The highest BCUT2D eigenvalue weighted by molar-refractivity contribution is 5.20. The van der Waals surface area contributed by atoms with Gasteiger partial charge in [-0.15, -0.1) is 0 Å². The Balaban J connectivity index is 2.14. The Labute approximate surface area is 99.8 Å². The Kier molecular flexibility index (Phi) is 3.57.